The molecule has 0 atom stereocenters. The minimum absolute atomic E-state index is 0.639. The Hall–Kier alpha value is -3.26. The van der Waals surface area contributed by atoms with Crippen LogP contribution in [0.2, 0.25) is 0 Å². The summed E-state index contributed by atoms with van der Waals surface area (Å²) >= 11 is 0. The smallest absolute Gasteiger partial charge is 0.127 e. The summed E-state index contributed by atoms with van der Waals surface area (Å²) in [6.07, 6.45) is 3.30. The average Bonchev–Trinajstić information content (AvgIpc) is 2.78. The summed E-state index contributed by atoms with van der Waals surface area (Å²) in [7, 11) is 1.72. The number of ether oxygens (including phenoxy) is 2. The largest absolute Gasteiger partial charge is 0.496 e. The Kier molecular flexibility index (Phi) is 5.76. The van der Waals surface area contributed by atoms with Crippen molar-refractivity contribution in [3.63, 3.8) is 0 Å². The van der Waals surface area contributed by atoms with Gasteiger partial charge in [-0.25, -0.2) is 0 Å². The molecule has 4 rings (SSSR count). The van der Waals surface area contributed by atoms with Crippen LogP contribution in [0, 0.1) is 6.92 Å². The lowest BCUT2D eigenvalue weighted by molar-refractivity contribution is 0.346. The number of fused-ring (bicyclic) bond motifs is 1. The van der Waals surface area contributed by atoms with E-state index >= 15 is 0 Å². The molecule has 0 saturated heterocycles. The zero-order chi connectivity index (χ0) is 21.1. The summed E-state index contributed by atoms with van der Waals surface area (Å²) in [5.74, 6) is 1.86. The standard InChI is InChI=1S/C28H28O2/c1-5-21(17-25-20(3)18-30-28-14-13-19(2)15-26(25)28)22-9-8-10-23(16-22)24-11-6-7-12-27(24)29-4/h6-17H,5,18H2,1-4H3/b21-17+. The molecule has 0 unspecified atom stereocenters. The van der Waals surface area contributed by atoms with Gasteiger partial charge < -0.3 is 9.47 Å². The molecule has 1 aliphatic rings. The summed E-state index contributed by atoms with van der Waals surface area (Å²) in [6.45, 7) is 7.15. The number of hydrogen-bond acceptors (Lipinski definition) is 2. The van der Waals surface area contributed by atoms with E-state index < -0.39 is 0 Å². The van der Waals surface area contributed by atoms with Crippen LogP contribution in [0.15, 0.2) is 78.4 Å². The maximum Gasteiger partial charge on any atom is 0.127 e. The fourth-order valence-corrected chi connectivity index (χ4v) is 4.01. The molecule has 0 spiro atoms. The fourth-order valence-electron chi connectivity index (χ4n) is 4.01. The van der Waals surface area contributed by atoms with Crippen molar-refractivity contribution in [1.82, 2.24) is 0 Å². The summed E-state index contributed by atoms with van der Waals surface area (Å²) < 4.78 is 11.5. The third-order valence-corrected chi connectivity index (χ3v) is 5.68. The first kappa shape index (κ1) is 20.0. The van der Waals surface area contributed by atoms with Crippen molar-refractivity contribution in [2.45, 2.75) is 27.2 Å². The second kappa shape index (κ2) is 8.62. The highest BCUT2D eigenvalue weighted by molar-refractivity contribution is 5.89. The maximum absolute atomic E-state index is 5.94. The van der Waals surface area contributed by atoms with E-state index in [4.69, 9.17) is 9.47 Å². The van der Waals surface area contributed by atoms with Crippen LogP contribution in [-0.4, -0.2) is 13.7 Å². The molecule has 0 fully saturated rings. The van der Waals surface area contributed by atoms with Crippen molar-refractivity contribution in [3.05, 3.63) is 95.1 Å². The zero-order valence-electron chi connectivity index (χ0n) is 18.2. The third-order valence-electron chi connectivity index (χ3n) is 5.68. The molecule has 0 bridgehead atoms. The molecular formula is C28H28O2. The Morgan fingerprint density at radius 2 is 1.80 bits per heavy atom. The van der Waals surface area contributed by atoms with Crippen LogP contribution in [0.4, 0.5) is 0 Å². The first-order chi connectivity index (χ1) is 14.6. The molecule has 2 heteroatoms. The third kappa shape index (κ3) is 3.91. The predicted octanol–water partition coefficient (Wildman–Crippen LogP) is 7.33. The highest BCUT2D eigenvalue weighted by Crippen LogP contribution is 2.37. The first-order valence-corrected chi connectivity index (χ1v) is 10.5. The van der Waals surface area contributed by atoms with Gasteiger partial charge in [-0.1, -0.05) is 61.0 Å². The van der Waals surface area contributed by atoms with E-state index in [0.29, 0.717) is 6.61 Å². The number of para-hydroxylation sites is 1. The van der Waals surface area contributed by atoms with E-state index in [-0.39, 0.29) is 0 Å². The second-order valence-corrected chi connectivity index (χ2v) is 7.79. The van der Waals surface area contributed by atoms with Gasteiger partial charge in [0.05, 0.1) is 7.11 Å². The Bertz CT molecular complexity index is 1130. The normalized spacial score (nSPS) is 13.7. The second-order valence-electron chi connectivity index (χ2n) is 7.79. The first-order valence-electron chi connectivity index (χ1n) is 10.5. The Balaban J connectivity index is 1.79. The minimum Gasteiger partial charge on any atom is -0.496 e. The van der Waals surface area contributed by atoms with E-state index in [2.05, 4.69) is 81.4 Å². The molecule has 3 aromatic rings. The van der Waals surface area contributed by atoms with Gasteiger partial charge in [0.2, 0.25) is 0 Å². The lowest BCUT2D eigenvalue weighted by Crippen LogP contribution is -2.09. The molecule has 0 amide bonds. The molecule has 1 heterocycles. The Labute approximate surface area is 179 Å². The van der Waals surface area contributed by atoms with Crippen molar-refractivity contribution in [3.8, 4) is 22.6 Å². The van der Waals surface area contributed by atoms with Crippen LogP contribution < -0.4 is 9.47 Å². The minimum atomic E-state index is 0.639. The van der Waals surface area contributed by atoms with Gasteiger partial charge in [-0.15, -0.1) is 0 Å². The summed E-state index contributed by atoms with van der Waals surface area (Å²) in [5.41, 5.74) is 9.80. The Morgan fingerprint density at radius 3 is 2.60 bits per heavy atom. The SMILES string of the molecule is CC/C(=C\C1=C(C)COc2ccc(C)cc21)c1cccc(-c2ccccc2OC)c1. The van der Waals surface area contributed by atoms with E-state index in [1.165, 1.54) is 39.0 Å². The van der Waals surface area contributed by atoms with Crippen molar-refractivity contribution in [1.29, 1.82) is 0 Å². The number of rotatable bonds is 5. The van der Waals surface area contributed by atoms with Gasteiger partial charge in [0.1, 0.15) is 18.1 Å². The molecule has 0 aromatic heterocycles. The summed E-state index contributed by atoms with van der Waals surface area (Å²) in [5, 5.41) is 0. The molecule has 0 radical (unpaired) electrons. The molecule has 0 saturated carbocycles. The number of allylic oxidation sites excluding steroid dienone is 3. The van der Waals surface area contributed by atoms with Crippen LogP contribution in [0.25, 0.3) is 22.3 Å². The van der Waals surface area contributed by atoms with Crippen LogP contribution in [0.5, 0.6) is 11.5 Å². The topological polar surface area (TPSA) is 18.5 Å². The number of benzene rings is 3. The predicted molar refractivity (Wildman–Crippen MR) is 126 cm³/mol. The van der Waals surface area contributed by atoms with Crippen molar-refractivity contribution < 1.29 is 9.47 Å². The van der Waals surface area contributed by atoms with Gasteiger partial charge in [0.15, 0.2) is 0 Å². The van der Waals surface area contributed by atoms with Crippen LogP contribution in [0.1, 0.15) is 37.0 Å². The summed E-state index contributed by atoms with van der Waals surface area (Å²) in [4.78, 5) is 0. The molecule has 1 aliphatic heterocycles. The number of methoxy groups -OCH3 is 1. The molecule has 30 heavy (non-hydrogen) atoms. The highest BCUT2D eigenvalue weighted by atomic mass is 16.5. The van der Waals surface area contributed by atoms with Crippen LogP contribution >= 0.6 is 0 Å². The van der Waals surface area contributed by atoms with Gasteiger partial charge in [0.25, 0.3) is 0 Å². The monoisotopic (exact) mass is 396 g/mol. The van der Waals surface area contributed by atoms with E-state index in [1.807, 2.05) is 12.1 Å². The van der Waals surface area contributed by atoms with Gasteiger partial charge in [-0.3, -0.25) is 0 Å². The van der Waals surface area contributed by atoms with Crippen LogP contribution in [0.3, 0.4) is 0 Å². The van der Waals surface area contributed by atoms with Crippen LogP contribution in [-0.2, 0) is 0 Å². The van der Waals surface area contributed by atoms with Gasteiger partial charge in [-0.05, 0) is 72.4 Å². The Morgan fingerprint density at radius 1 is 0.967 bits per heavy atom. The molecule has 3 aromatic carbocycles. The lowest BCUT2D eigenvalue weighted by atomic mass is 9.91. The van der Waals surface area contributed by atoms with E-state index in [9.17, 15) is 0 Å². The van der Waals surface area contributed by atoms with E-state index in [1.54, 1.807) is 7.11 Å². The maximum atomic E-state index is 5.94. The quantitative estimate of drug-likeness (QED) is 0.449. The lowest BCUT2D eigenvalue weighted by Gasteiger charge is -2.22. The van der Waals surface area contributed by atoms with Gasteiger partial charge in [0, 0.05) is 11.1 Å². The molecule has 0 N–H and O–H groups in total. The molecule has 0 aliphatic carbocycles. The molecule has 152 valence electrons. The van der Waals surface area contributed by atoms with Gasteiger partial charge in [-0.2, -0.15) is 0 Å². The van der Waals surface area contributed by atoms with Crippen molar-refractivity contribution in [2.24, 2.45) is 0 Å². The molecule has 2 nitrogen and oxygen atoms in total. The fraction of sp³-hybridized carbons (Fsp3) is 0.214. The summed E-state index contributed by atoms with van der Waals surface area (Å²) in [6, 6.07) is 23.3. The average molecular weight is 397 g/mol. The van der Waals surface area contributed by atoms with Crippen molar-refractivity contribution >= 4 is 11.1 Å². The molecular weight excluding hydrogens is 368 g/mol. The number of aryl methyl sites for hydroxylation is 1. The van der Waals surface area contributed by atoms with E-state index in [0.717, 1.165) is 23.5 Å². The van der Waals surface area contributed by atoms with Crippen molar-refractivity contribution in [2.75, 3.05) is 13.7 Å². The zero-order valence-corrected chi connectivity index (χ0v) is 18.2. The number of hydrogen-bond donors (Lipinski definition) is 0. The van der Waals surface area contributed by atoms with Gasteiger partial charge >= 0.3 is 0 Å². The highest BCUT2D eigenvalue weighted by Gasteiger charge is 2.17.